The van der Waals surface area contributed by atoms with Gasteiger partial charge >= 0.3 is 0 Å². The van der Waals surface area contributed by atoms with Crippen LogP contribution in [0.15, 0.2) is 35.5 Å². The van der Waals surface area contributed by atoms with Crippen LogP contribution in [0.4, 0.5) is 0 Å². The van der Waals surface area contributed by atoms with Gasteiger partial charge in [-0.25, -0.2) is 0 Å². The third kappa shape index (κ3) is 3.57. The quantitative estimate of drug-likeness (QED) is 0.381. The monoisotopic (exact) mass is 339 g/mol. The van der Waals surface area contributed by atoms with Gasteiger partial charge in [0.15, 0.2) is 5.11 Å². The Morgan fingerprint density at radius 2 is 2.10 bits per heavy atom. The molecule has 2 N–H and O–H groups in total. The molecule has 2 bridgehead atoms. The Kier molecular flexibility index (Phi) is 4.48. The molecule has 0 spiro atoms. The summed E-state index contributed by atoms with van der Waals surface area (Å²) in [5, 5.41) is 9.04. The number of rotatable bonds is 3. The summed E-state index contributed by atoms with van der Waals surface area (Å²) in [6, 6.07) is 5.77. The summed E-state index contributed by atoms with van der Waals surface area (Å²) < 4.78 is 0. The molecule has 3 nitrogen and oxygen atoms in total. The zero-order valence-corrected chi connectivity index (χ0v) is 13.6. The molecule has 0 aliphatic heterocycles. The van der Waals surface area contributed by atoms with E-state index in [0.29, 0.717) is 27.1 Å². The second kappa shape index (κ2) is 6.34. The first-order valence-corrected chi connectivity index (χ1v) is 8.01. The number of hydrogen-bond acceptors (Lipinski definition) is 2. The first kappa shape index (κ1) is 14.8. The van der Waals surface area contributed by atoms with E-state index < -0.39 is 0 Å². The molecule has 1 aromatic rings. The molecule has 0 aromatic heterocycles. The summed E-state index contributed by atoms with van der Waals surface area (Å²) in [7, 11) is 0. The Hall–Kier alpha value is -1.10. The lowest BCUT2D eigenvalue weighted by molar-refractivity contribution is 0.521. The number of nitrogens with zero attached hydrogens (tertiary/aromatic N) is 1. The maximum absolute atomic E-state index is 5.95. The van der Waals surface area contributed by atoms with Crippen LogP contribution >= 0.6 is 35.4 Å². The molecule has 21 heavy (non-hydrogen) atoms. The van der Waals surface area contributed by atoms with Crippen LogP contribution in [-0.4, -0.2) is 17.4 Å². The second-order valence-electron chi connectivity index (χ2n) is 5.40. The lowest BCUT2D eigenvalue weighted by Crippen LogP contribution is -2.42. The van der Waals surface area contributed by atoms with Crippen molar-refractivity contribution >= 4 is 46.7 Å². The molecule has 1 saturated carbocycles. The van der Waals surface area contributed by atoms with Crippen LogP contribution in [0.5, 0.6) is 0 Å². The summed E-state index contributed by atoms with van der Waals surface area (Å²) >= 11 is 17.1. The third-order valence-corrected chi connectivity index (χ3v) is 4.87. The first-order valence-electron chi connectivity index (χ1n) is 6.85. The summed E-state index contributed by atoms with van der Waals surface area (Å²) in [6.45, 7) is 0. The summed E-state index contributed by atoms with van der Waals surface area (Å²) in [4.78, 5) is 0. The highest BCUT2D eigenvalue weighted by Crippen LogP contribution is 2.38. The predicted molar refractivity (Wildman–Crippen MR) is 92.1 cm³/mol. The van der Waals surface area contributed by atoms with E-state index >= 15 is 0 Å². The standard InChI is InChI=1S/C15H15Cl2N3S/c16-12-4-2-10(6-13(12)17)8-18-20-15(21)19-14-7-9-1-3-11(14)5-9/h1-4,6,8-9,11,14H,5,7H2,(H2,19,20,21)/b18-8-/t9-,11+,14-/m0/s1. The molecule has 2 aliphatic carbocycles. The van der Waals surface area contributed by atoms with Gasteiger partial charge in [-0.3, -0.25) is 5.43 Å². The smallest absolute Gasteiger partial charge is 0.187 e. The van der Waals surface area contributed by atoms with E-state index in [1.54, 1.807) is 18.3 Å². The van der Waals surface area contributed by atoms with E-state index in [0.717, 1.165) is 17.9 Å². The van der Waals surface area contributed by atoms with Crippen LogP contribution in [0.25, 0.3) is 0 Å². The Labute approximate surface area is 139 Å². The van der Waals surface area contributed by atoms with Crippen LogP contribution in [-0.2, 0) is 0 Å². The molecule has 1 fully saturated rings. The maximum atomic E-state index is 5.95. The van der Waals surface area contributed by atoms with Gasteiger partial charge < -0.3 is 5.32 Å². The molecule has 0 amide bonds. The summed E-state index contributed by atoms with van der Waals surface area (Å²) in [5.74, 6) is 1.32. The molecular formula is C15H15Cl2N3S. The fraction of sp³-hybridized carbons (Fsp3) is 0.333. The van der Waals surface area contributed by atoms with Crippen LogP contribution in [0.1, 0.15) is 18.4 Å². The number of hydrazone groups is 1. The molecule has 110 valence electrons. The van der Waals surface area contributed by atoms with Crippen molar-refractivity contribution in [2.24, 2.45) is 16.9 Å². The van der Waals surface area contributed by atoms with Crippen molar-refractivity contribution in [2.75, 3.05) is 0 Å². The fourth-order valence-electron chi connectivity index (χ4n) is 2.91. The van der Waals surface area contributed by atoms with Gasteiger partial charge in [0.2, 0.25) is 0 Å². The minimum absolute atomic E-state index is 0.431. The van der Waals surface area contributed by atoms with Gasteiger partial charge in [0.05, 0.1) is 16.3 Å². The van der Waals surface area contributed by atoms with E-state index in [-0.39, 0.29) is 0 Å². The molecule has 0 radical (unpaired) electrons. The van der Waals surface area contributed by atoms with Crippen molar-refractivity contribution in [3.63, 3.8) is 0 Å². The average Bonchev–Trinajstić information content (AvgIpc) is 3.05. The van der Waals surface area contributed by atoms with Crippen LogP contribution in [0.3, 0.4) is 0 Å². The number of nitrogens with one attached hydrogen (secondary N) is 2. The lowest BCUT2D eigenvalue weighted by Gasteiger charge is -2.20. The lowest BCUT2D eigenvalue weighted by atomic mass is 10.0. The average molecular weight is 340 g/mol. The number of hydrogen-bond donors (Lipinski definition) is 2. The minimum Gasteiger partial charge on any atom is -0.358 e. The molecule has 2 aliphatic rings. The Balaban J connectivity index is 1.50. The van der Waals surface area contributed by atoms with Crippen molar-refractivity contribution in [1.29, 1.82) is 0 Å². The SMILES string of the molecule is S=C(N/N=C\c1ccc(Cl)c(Cl)c1)N[C@H]1C[C@H]2C=C[C@@H]1C2. The van der Waals surface area contributed by atoms with Gasteiger partial charge in [0, 0.05) is 6.04 Å². The van der Waals surface area contributed by atoms with Crippen LogP contribution in [0, 0.1) is 11.8 Å². The molecule has 3 atom stereocenters. The van der Waals surface area contributed by atoms with E-state index in [1.165, 1.54) is 6.42 Å². The zero-order chi connectivity index (χ0) is 14.8. The Morgan fingerprint density at radius 1 is 1.24 bits per heavy atom. The Morgan fingerprint density at radius 3 is 2.76 bits per heavy atom. The van der Waals surface area contributed by atoms with E-state index in [1.807, 2.05) is 6.07 Å². The topological polar surface area (TPSA) is 36.4 Å². The first-order chi connectivity index (χ1) is 10.1. The van der Waals surface area contributed by atoms with Gasteiger partial charge in [0.1, 0.15) is 0 Å². The minimum atomic E-state index is 0.431. The number of halogens is 2. The van der Waals surface area contributed by atoms with Crippen molar-refractivity contribution in [3.05, 3.63) is 46.0 Å². The molecular weight excluding hydrogens is 325 g/mol. The highest BCUT2D eigenvalue weighted by molar-refractivity contribution is 7.80. The molecule has 0 unspecified atom stereocenters. The maximum Gasteiger partial charge on any atom is 0.187 e. The highest BCUT2D eigenvalue weighted by Gasteiger charge is 2.35. The van der Waals surface area contributed by atoms with Gasteiger partial charge in [0.25, 0.3) is 0 Å². The highest BCUT2D eigenvalue weighted by atomic mass is 35.5. The fourth-order valence-corrected chi connectivity index (χ4v) is 3.42. The van der Waals surface area contributed by atoms with Gasteiger partial charge in [-0.1, -0.05) is 41.4 Å². The normalized spacial score (nSPS) is 26.5. The predicted octanol–water partition coefficient (Wildman–Crippen LogP) is 3.76. The van der Waals surface area contributed by atoms with Crippen molar-refractivity contribution < 1.29 is 0 Å². The summed E-state index contributed by atoms with van der Waals surface area (Å²) in [6.07, 6.45) is 8.65. The van der Waals surface area contributed by atoms with E-state index in [2.05, 4.69) is 28.0 Å². The number of thiocarbonyl (C=S) groups is 1. The van der Waals surface area contributed by atoms with Crippen molar-refractivity contribution in [1.82, 2.24) is 10.7 Å². The number of allylic oxidation sites excluding steroid dienone is 1. The second-order valence-corrected chi connectivity index (χ2v) is 6.63. The molecule has 0 saturated heterocycles. The van der Waals surface area contributed by atoms with Gasteiger partial charge in [-0.2, -0.15) is 5.10 Å². The van der Waals surface area contributed by atoms with Gasteiger partial charge in [-0.15, -0.1) is 0 Å². The molecule has 0 heterocycles. The zero-order valence-electron chi connectivity index (χ0n) is 11.2. The van der Waals surface area contributed by atoms with E-state index in [4.69, 9.17) is 35.4 Å². The largest absolute Gasteiger partial charge is 0.358 e. The van der Waals surface area contributed by atoms with Crippen molar-refractivity contribution in [3.8, 4) is 0 Å². The van der Waals surface area contributed by atoms with Crippen LogP contribution in [0.2, 0.25) is 10.0 Å². The Bertz CT molecular complexity index is 615. The van der Waals surface area contributed by atoms with Crippen LogP contribution < -0.4 is 10.7 Å². The number of benzene rings is 1. The number of fused-ring (bicyclic) bond motifs is 2. The third-order valence-electron chi connectivity index (χ3n) is 3.92. The molecule has 6 heteroatoms. The molecule has 3 rings (SSSR count). The molecule has 1 aromatic carbocycles. The van der Waals surface area contributed by atoms with E-state index in [9.17, 15) is 0 Å². The van der Waals surface area contributed by atoms with Gasteiger partial charge in [-0.05, 0) is 54.6 Å². The van der Waals surface area contributed by atoms with Crippen molar-refractivity contribution in [2.45, 2.75) is 18.9 Å². The summed E-state index contributed by atoms with van der Waals surface area (Å²) in [5.41, 5.74) is 3.70.